The van der Waals surface area contributed by atoms with E-state index in [9.17, 15) is 4.79 Å². The highest BCUT2D eigenvalue weighted by atomic mass is 35.5. The highest BCUT2D eigenvalue weighted by Gasteiger charge is 2.13. The van der Waals surface area contributed by atoms with Gasteiger partial charge in [-0.3, -0.25) is 4.79 Å². The van der Waals surface area contributed by atoms with Crippen molar-refractivity contribution in [2.45, 2.75) is 37.3 Å². The largest absolute Gasteiger partial charge is 0.272 e. The molecule has 1 aromatic rings. The predicted molar refractivity (Wildman–Crippen MR) is 78.3 cm³/mol. The van der Waals surface area contributed by atoms with Crippen molar-refractivity contribution in [1.29, 1.82) is 0 Å². The Hall–Kier alpha value is -1.00. The molecule has 1 rings (SSSR count). The average Bonchev–Trinajstić information content (AvgIpc) is 2.38. The van der Waals surface area contributed by atoms with E-state index in [0.29, 0.717) is 5.02 Å². The second-order valence-corrected chi connectivity index (χ2v) is 5.74. The topological polar surface area (TPSA) is 41.5 Å². The van der Waals surface area contributed by atoms with Crippen molar-refractivity contribution in [2.24, 2.45) is 5.10 Å². The van der Waals surface area contributed by atoms with Gasteiger partial charge >= 0.3 is 0 Å². The zero-order chi connectivity index (χ0) is 13.5. The lowest BCUT2D eigenvalue weighted by Gasteiger charge is -2.09. The van der Waals surface area contributed by atoms with Gasteiger partial charge in [0.25, 0.3) is 5.91 Å². The molecule has 0 heterocycles. The molecular weight excluding hydrogens is 268 g/mol. The van der Waals surface area contributed by atoms with Gasteiger partial charge in [0.05, 0.1) is 5.25 Å². The molecule has 0 aliphatic heterocycles. The molecule has 0 aliphatic rings. The Kier molecular flexibility index (Phi) is 6.22. The van der Waals surface area contributed by atoms with Gasteiger partial charge in [-0.25, -0.2) is 5.43 Å². The summed E-state index contributed by atoms with van der Waals surface area (Å²) in [5, 5.41) is 4.50. The molecule has 0 fully saturated rings. The summed E-state index contributed by atoms with van der Waals surface area (Å²) in [4.78, 5) is 12.8. The van der Waals surface area contributed by atoms with Gasteiger partial charge in [0.1, 0.15) is 0 Å². The fourth-order valence-corrected chi connectivity index (χ4v) is 2.08. The zero-order valence-corrected chi connectivity index (χ0v) is 12.3. The molecule has 3 nitrogen and oxygen atoms in total. The van der Waals surface area contributed by atoms with Crippen LogP contribution in [0.1, 0.15) is 27.2 Å². The maximum atomic E-state index is 11.8. The maximum Gasteiger partial charge on any atom is 0.253 e. The zero-order valence-electron chi connectivity index (χ0n) is 10.7. The molecule has 0 saturated heterocycles. The van der Waals surface area contributed by atoms with Crippen LogP contribution in [0.15, 0.2) is 34.3 Å². The summed E-state index contributed by atoms with van der Waals surface area (Å²) < 4.78 is 0. The van der Waals surface area contributed by atoms with Crippen molar-refractivity contribution < 1.29 is 4.79 Å². The first-order chi connectivity index (χ1) is 8.52. The second-order valence-electron chi connectivity index (χ2n) is 3.89. The first kappa shape index (κ1) is 15.1. The molecule has 18 heavy (non-hydrogen) atoms. The molecule has 5 heteroatoms. The fraction of sp³-hybridized carbons (Fsp3) is 0.385. The molecule has 0 radical (unpaired) electrons. The molecule has 1 atom stereocenters. The number of benzene rings is 1. The molecule has 1 N–H and O–H groups in total. The van der Waals surface area contributed by atoms with Crippen molar-refractivity contribution >= 4 is 35.0 Å². The Labute approximate surface area is 117 Å². The number of halogens is 1. The van der Waals surface area contributed by atoms with E-state index in [-0.39, 0.29) is 11.2 Å². The van der Waals surface area contributed by atoms with Crippen molar-refractivity contribution in [3.8, 4) is 0 Å². The third-order valence-electron chi connectivity index (χ3n) is 2.36. The maximum absolute atomic E-state index is 11.8. The quantitative estimate of drug-likeness (QED) is 0.509. The fourth-order valence-electron chi connectivity index (χ4n) is 1.09. The number of nitrogens with zero attached hydrogens (tertiary/aromatic N) is 1. The number of hydrazone groups is 1. The van der Waals surface area contributed by atoms with Gasteiger partial charge in [-0.2, -0.15) is 5.10 Å². The molecule has 1 aromatic carbocycles. The van der Waals surface area contributed by atoms with E-state index in [1.165, 1.54) is 11.8 Å². The van der Waals surface area contributed by atoms with Crippen LogP contribution < -0.4 is 5.43 Å². The number of hydrogen-bond donors (Lipinski definition) is 1. The van der Waals surface area contributed by atoms with E-state index < -0.39 is 0 Å². The molecule has 0 spiro atoms. The van der Waals surface area contributed by atoms with E-state index in [1.54, 1.807) is 0 Å². The van der Waals surface area contributed by atoms with Crippen LogP contribution >= 0.6 is 23.4 Å². The van der Waals surface area contributed by atoms with E-state index in [1.807, 2.05) is 45.0 Å². The van der Waals surface area contributed by atoms with Gasteiger partial charge in [0.15, 0.2) is 0 Å². The third-order valence-corrected chi connectivity index (χ3v) is 3.73. The van der Waals surface area contributed by atoms with Gasteiger partial charge in [-0.05, 0) is 44.5 Å². The van der Waals surface area contributed by atoms with Crippen LogP contribution in [0.4, 0.5) is 0 Å². The lowest BCUT2D eigenvalue weighted by atomic mass is 10.3. The van der Waals surface area contributed by atoms with E-state index in [4.69, 9.17) is 11.6 Å². The summed E-state index contributed by atoms with van der Waals surface area (Å²) in [7, 11) is 0. The normalized spacial score (nSPS) is 13.2. The molecular formula is C13H17ClN2OS. The van der Waals surface area contributed by atoms with Gasteiger partial charge in [0, 0.05) is 15.6 Å². The van der Waals surface area contributed by atoms with Gasteiger partial charge in [0.2, 0.25) is 0 Å². The van der Waals surface area contributed by atoms with E-state index in [0.717, 1.165) is 17.0 Å². The van der Waals surface area contributed by atoms with Crippen LogP contribution in [0.5, 0.6) is 0 Å². The minimum Gasteiger partial charge on any atom is -0.272 e. The number of hydrogen-bond acceptors (Lipinski definition) is 3. The van der Waals surface area contributed by atoms with E-state index in [2.05, 4.69) is 10.5 Å². The van der Waals surface area contributed by atoms with Crippen LogP contribution in [-0.4, -0.2) is 16.9 Å². The van der Waals surface area contributed by atoms with Gasteiger partial charge in [-0.1, -0.05) is 18.5 Å². The lowest BCUT2D eigenvalue weighted by molar-refractivity contribution is -0.120. The van der Waals surface area contributed by atoms with Crippen LogP contribution in [0.25, 0.3) is 0 Å². The van der Waals surface area contributed by atoms with Crippen LogP contribution in [0.2, 0.25) is 5.02 Å². The molecule has 1 unspecified atom stereocenters. The standard InChI is InChI=1S/C13H17ClN2OS/c1-4-9(2)15-16-13(17)10(3)18-12-7-5-11(14)6-8-12/h5-8,10H,4H2,1-3H3,(H,16,17). The Morgan fingerprint density at radius 2 is 2.06 bits per heavy atom. The van der Waals surface area contributed by atoms with E-state index >= 15 is 0 Å². The predicted octanol–water partition coefficient (Wildman–Crippen LogP) is 3.72. The number of carbonyl (C=O) groups is 1. The van der Waals surface area contributed by atoms with Crippen molar-refractivity contribution in [1.82, 2.24) is 5.43 Å². The first-order valence-corrected chi connectivity index (χ1v) is 7.04. The minimum absolute atomic E-state index is 0.0947. The summed E-state index contributed by atoms with van der Waals surface area (Å²) in [5.74, 6) is -0.0947. The monoisotopic (exact) mass is 284 g/mol. The first-order valence-electron chi connectivity index (χ1n) is 5.78. The van der Waals surface area contributed by atoms with Crippen LogP contribution in [-0.2, 0) is 4.79 Å². The van der Waals surface area contributed by atoms with Crippen molar-refractivity contribution in [2.75, 3.05) is 0 Å². The number of nitrogens with one attached hydrogen (secondary N) is 1. The van der Waals surface area contributed by atoms with Gasteiger partial charge in [-0.15, -0.1) is 11.8 Å². The highest BCUT2D eigenvalue weighted by Crippen LogP contribution is 2.24. The molecule has 98 valence electrons. The molecule has 0 saturated carbocycles. The number of thioether (sulfide) groups is 1. The summed E-state index contributed by atoms with van der Waals surface area (Å²) >= 11 is 7.28. The van der Waals surface area contributed by atoms with Crippen LogP contribution in [0, 0.1) is 0 Å². The smallest absolute Gasteiger partial charge is 0.253 e. The van der Waals surface area contributed by atoms with Crippen molar-refractivity contribution in [3.05, 3.63) is 29.3 Å². The molecule has 0 bridgehead atoms. The summed E-state index contributed by atoms with van der Waals surface area (Å²) in [5.41, 5.74) is 3.48. The SMILES string of the molecule is CCC(C)=NNC(=O)C(C)Sc1ccc(Cl)cc1. The minimum atomic E-state index is -0.195. The lowest BCUT2D eigenvalue weighted by Crippen LogP contribution is -2.27. The highest BCUT2D eigenvalue weighted by molar-refractivity contribution is 8.00. The average molecular weight is 285 g/mol. The summed E-state index contributed by atoms with van der Waals surface area (Å²) in [6, 6.07) is 7.43. The Bertz CT molecular complexity index is 431. The Balaban J connectivity index is 2.52. The van der Waals surface area contributed by atoms with Crippen molar-refractivity contribution in [3.63, 3.8) is 0 Å². The molecule has 1 amide bonds. The third kappa shape index (κ3) is 5.10. The number of amides is 1. The molecule has 0 aliphatic carbocycles. The summed E-state index contributed by atoms with van der Waals surface area (Å²) in [6.45, 7) is 5.74. The van der Waals surface area contributed by atoms with Crippen LogP contribution in [0.3, 0.4) is 0 Å². The summed E-state index contributed by atoms with van der Waals surface area (Å²) in [6.07, 6.45) is 0.832. The number of carbonyl (C=O) groups excluding carboxylic acids is 1. The Morgan fingerprint density at radius 3 is 2.61 bits per heavy atom. The second kappa shape index (κ2) is 7.44. The van der Waals surface area contributed by atoms with Gasteiger partial charge < -0.3 is 0 Å². The number of rotatable bonds is 5. The Morgan fingerprint density at radius 1 is 1.44 bits per heavy atom. The molecule has 0 aromatic heterocycles.